The quantitative estimate of drug-likeness (QED) is 0.215. The Hall–Kier alpha value is -5.47. The minimum absolute atomic E-state index is 0.990. The van der Waals surface area contributed by atoms with Crippen LogP contribution in [-0.2, 0) is 0 Å². The molecule has 0 saturated carbocycles. The maximum Gasteiger partial charge on any atom is 0.137 e. The van der Waals surface area contributed by atoms with Gasteiger partial charge in [0.25, 0.3) is 0 Å². The van der Waals surface area contributed by atoms with Gasteiger partial charge in [0.05, 0.1) is 5.69 Å². The number of imidazole rings is 1. The number of rotatable bonds is 3. The summed E-state index contributed by atoms with van der Waals surface area (Å²) < 4.78 is 2.22. The van der Waals surface area contributed by atoms with Crippen molar-refractivity contribution in [3.8, 4) is 55.6 Å². The lowest BCUT2D eigenvalue weighted by Gasteiger charge is -2.20. The summed E-state index contributed by atoms with van der Waals surface area (Å²) >= 11 is 0. The van der Waals surface area contributed by atoms with Crippen molar-refractivity contribution < 1.29 is 0 Å². The topological polar surface area (TPSA) is 17.3 Å². The van der Waals surface area contributed by atoms with Gasteiger partial charge >= 0.3 is 0 Å². The molecule has 0 N–H and O–H groups in total. The fraction of sp³-hybridized carbons (Fsp3) is 0.0488. The summed E-state index contributed by atoms with van der Waals surface area (Å²) in [5.41, 5.74) is 16.1. The van der Waals surface area contributed by atoms with Gasteiger partial charge in [0.2, 0.25) is 0 Å². The Morgan fingerprint density at radius 2 is 1.00 bits per heavy atom. The third-order valence-electron chi connectivity index (χ3n) is 9.33. The highest BCUT2D eigenvalue weighted by Gasteiger charge is 2.31. The molecule has 9 rings (SSSR count). The second-order valence-corrected chi connectivity index (χ2v) is 11.6. The number of hydrogen-bond acceptors (Lipinski definition) is 1. The van der Waals surface area contributed by atoms with Crippen molar-refractivity contribution in [1.29, 1.82) is 0 Å². The normalized spacial score (nSPS) is 12.0. The molecule has 202 valence electrons. The molecular formula is C41H28N2. The third-order valence-corrected chi connectivity index (χ3v) is 9.33. The maximum atomic E-state index is 4.74. The second kappa shape index (κ2) is 9.01. The highest BCUT2D eigenvalue weighted by atomic mass is 15.0. The number of hydrogen-bond donors (Lipinski definition) is 0. The van der Waals surface area contributed by atoms with Gasteiger partial charge in [-0.3, -0.25) is 0 Å². The van der Waals surface area contributed by atoms with Gasteiger partial charge in [-0.1, -0.05) is 115 Å². The summed E-state index contributed by atoms with van der Waals surface area (Å²) in [4.78, 5) is 4.74. The monoisotopic (exact) mass is 548 g/mol. The molecule has 0 radical (unpaired) electrons. The number of aromatic nitrogens is 2. The van der Waals surface area contributed by atoms with Crippen LogP contribution in [0.1, 0.15) is 11.4 Å². The van der Waals surface area contributed by atoms with Crippen LogP contribution < -0.4 is 0 Å². The van der Waals surface area contributed by atoms with E-state index in [1.54, 1.807) is 0 Å². The van der Waals surface area contributed by atoms with Crippen LogP contribution in [-0.4, -0.2) is 9.38 Å². The van der Waals surface area contributed by atoms with E-state index in [1.165, 1.54) is 82.9 Å². The molecule has 8 aromatic rings. The molecule has 0 fully saturated rings. The van der Waals surface area contributed by atoms with E-state index in [2.05, 4.69) is 152 Å². The number of fused-ring (bicyclic) bond motifs is 5. The Kier molecular flexibility index (Phi) is 5.06. The Balaban J connectivity index is 1.43. The Morgan fingerprint density at radius 1 is 0.442 bits per heavy atom. The maximum absolute atomic E-state index is 4.74. The number of aryl methyl sites for hydroxylation is 2. The second-order valence-electron chi connectivity index (χ2n) is 11.6. The van der Waals surface area contributed by atoms with Crippen molar-refractivity contribution in [3.05, 3.63) is 145 Å². The van der Waals surface area contributed by atoms with Gasteiger partial charge in [-0.25, -0.2) is 4.98 Å². The molecule has 1 aliphatic rings. The van der Waals surface area contributed by atoms with Gasteiger partial charge in [-0.15, -0.1) is 0 Å². The van der Waals surface area contributed by atoms with Crippen molar-refractivity contribution >= 4 is 27.2 Å². The van der Waals surface area contributed by atoms with Crippen LogP contribution in [0.15, 0.2) is 134 Å². The van der Waals surface area contributed by atoms with Crippen LogP contribution in [0.3, 0.4) is 0 Å². The standard InChI is InChI=1S/C41H28N2/c1-25-26(2)43-24-29(20-23-36(43)42-25)30-21-22-35-39-31(30)18-11-19-34(39)40-37(27-12-5-3-6-13-27)32-16-9-10-17-33(32)38(41(35)40)28-14-7-4-8-15-28/h3-24H,1-2H3. The zero-order valence-corrected chi connectivity index (χ0v) is 24.1. The Bertz CT molecular complexity index is 2300. The van der Waals surface area contributed by atoms with E-state index in [4.69, 9.17) is 4.98 Å². The molecule has 0 atom stereocenters. The molecule has 0 amide bonds. The van der Waals surface area contributed by atoms with Gasteiger partial charge in [-0.2, -0.15) is 0 Å². The molecule has 0 saturated heterocycles. The smallest absolute Gasteiger partial charge is 0.137 e. The predicted octanol–water partition coefficient (Wildman–Crippen LogP) is 10.9. The van der Waals surface area contributed by atoms with E-state index in [-0.39, 0.29) is 0 Å². The molecule has 0 unspecified atom stereocenters. The third kappa shape index (κ3) is 3.38. The predicted molar refractivity (Wildman–Crippen MR) is 180 cm³/mol. The van der Waals surface area contributed by atoms with Crippen molar-refractivity contribution in [2.45, 2.75) is 13.8 Å². The van der Waals surface area contributed by atoms with E-state index in [9.17, 15) is 0 Å². The van der Waals surface area contributed by atoms with Crippen molar-refractivity contribution in [3.63, 3.8) is 0 Å². The molecule has 0 spiro atoms. The highest BCUT2D eigenvalue weighted by Crippen LogP contribution is 2.58. The Labute approximate surface area is 250 Å². The van der Waals surface area contributed by atoms with Gasteiger partial charge in [0, 0.05) is 11.9 Å². The van der Waals surface area contributed by atoms with Crippen molar-refractivity contribution in [2.24, 2.45) is 0 Å². The zero-order chi connectivity index (χ0) is 28.7. The van der Waals surface area contributed by atoms with Gasteiger partial charge in [0.1, 0.15) is 5.65 Å². The molecule has 2 aromatic heterocycles. The summed E-state index contributed by atoms with van der Waals surface area (Å²) in [6.07, 6.45) is 2.25. The average Bonchev–Trinajstić information content (AvgIpc) is 3.54. The number of nitrogens with zero attached hydrogens (tertiary/aromatic N) is 2. The molecule has 0 aliphatic heterocycles. The van der Waals surface area contributed by atoms with E-state index in [0.29, 0.717) is 0 Å². The summed E-state index contributed by atoms with van der Waals surface area (Å²) in [6.45, 7) is 4.22. The highest BCUT2D eigenvalue weighted by molar-refractivity contribution is 6.28. The molecule has 2 heterocycles. The van der Waals surface area contributed by atoms with Crippen molar-refractivity contribution in [1.82, 2.24) is 9.38 Å². The molecule has 0 bridgehead atoms. The Morgan fingerprint density at radius 3 is 1.65 bits per heavy atom. The first-order valence-electron chi connectivity index (χ1n) is 14.9. The molecule has 2 heteroatoms. The van der Waals surface area contributed by atoms with Gasteiger partial charge in [-0.05, 0) is 103 Å². The molecule has 2 nitrogen and oxygen atoms in total. The average molecular weight is 549 g/mol. The SMILES string of the molecule is Cc1nc2ccc(-c3ccc4c5c(cccc35)-c3c-4c(-c4ccccc4)c4ccccc4c3-c3ccccc3)cn2c1C. The van der Waals surface area contributed by atoms with Crippen LogP contribution >= 0.6 is 0 Å². The van der Waals surface area contributed by atoms with Crippen LogP contribution in [0.25, 0.3) is 82.8 Å². The summed E-state index contributed by atoms with van der Waals surface area (Å²) in [7, 11) is 0. The first kappa shape index (κ1) is 24.2. The first-order chi connectivity index (χ1) is 21.2. The fourth-order valence-electron chi connectivity index (χ4n) is 7.30. The lowest BCUT2D eigenvalue weighted by Crippen LogP contribution is -1.93. The summed E-state index contributed by atoms with van der Waals surface area (Å²) in [6, 6.07) is 46.7. The van der Waals surface area contributed by atoms with E-state index < -0.39 is 0 Å². The lowest BCUT2D eigenvalue weighted by atomic mass is 9.82. The van der Waals surface area contributed by atoms with E-state index >= 15 is 0 Å². The fourth-order valence-corrected chi connectivity index (χ4v) is 7.30. The van der Waals surface area contributed by atoms with Crippen molar-refractivity contribution in [2.75, 3.05) is 0 Å². The summed E-state index contributed by atoms with van der Waals surface area (Å²) in [5, 5.41) is 5.18. The zero-order valence-electron chi connectivity index (χ0n) is 24.1. The molecular weight excluding hydrogens is 520 g/mol. The largest absolute Gasteiger partial charge is 0.303 e. The summed E-state index contributed by atoms with van der Waals surface area (Å²) in [5.74, 6) is 0. The van der Waals surface area contributed by atoms with Gasteiger partial charge in [0.15, 0.2) is 0 Å². The minimum Gasteiger partial charge on any atom is -0.303 e. The van der Waals surface area contributed by atoms with Gasteiger partial charge < -0.3 is 4.40 Å². The van der Waals surface area contributed by atoms with Crippen LogP contribution in [0.4, 0.5) is 0 Å². The molecule has 6 aromatic carbocycles. The minimum atomic E-state index is 0.990. The van der Waals surface area contributed by atoms with Crippen LogP contribution in [0.2, 0.25) is 0 Å². The molecule has 43 heavy (non-hydrogen) atoms. The van der Waals surface area contributed by atoms with E-state index in [1.807, 2.05) is 0 Å². The molecule has 1 aliphatic carbocycles. The lowest BCUT2D eigenvalue weighted by molar-refractivity contribution is 1.10. The number of pyridine rings is 1. The first-order valence-corrected chi connectivity index (χ1v) is 14.9. The van der Waals surface area contributed by atoms with Crippen LogP contribution in [0.5, 0.6) is 0 Å². The number of benzene rings is 6. The van der Waals surface area contributed by atoms with E-state index in [0.717, 1.165) is 11.3 Å². The van der Waals surface area contributed by atoms with Crippen LogP contribution in [0, 0.1) is 13.8 Å².